The Labute approximate surface area is 160 Å². The predicted molar refractivity (Wildman–Crippen MR) is 97.2 cm³/mol. The summed E-state index contributed by atoms with van der Waals surface area (Å²) in [5.41, 5.74) is 1.44. The van der Waals surface area contributed by atoms with Crippen molar-refractivity contribution < 1.29 is 27.4 Å². The molecule has 0 aliphatic heterocycles. The summed E-state index contributed by atoms with van der Waals surface area (Å²) < 4.78 is 47.5. The Hall–Kier alpha value is -2.90. The van der Waals surface area contributed by atoms with Gasteiger partial charge in [0.15, 0.2) is 11.5 Å². The van der Waals surface area contributed by atoms with Crippen molar-refractivity contribution in [3.8, 4) is 11.5 Å². The zero-order chi connectivity index (χ0) is 20.1. The van der Waals surface area contributed by atoms with Gasteiger partial charge in [-0.05, 0) is 48.2 Å². The highest BCUT2D eigenvalue weighted by molar-refractivity contribution is 5.74. The molecule has 2 aromatic carbocycles. The maximum atomic E-state index is 13.1. The average molecular weight is 394 g/mol. The second kappa shape index (κ2) is 8.41. The Morgan fingerprint density at radius 3 is 2.43 bits per heavy atom. The van der Waals surface area contributed by atoms with Gasteiger partial charge in [0, 0.05) is 18.5 Å². The Morgan fingerprint density at radius 2 is 1.82 bits per heavy atom. The third-order valence-corrected chi connectivity index (χ3v) is 4.79. The minimum absolute atomic E-state index is 0.0922. The first kappa shape index (κ1) is 19.9. The number of carbonyl (C=O) groups excluding carboxylic acids is 1. The number of urea groups is 1. The molecule has 1 aliphatic carbocycles. The van der Waals surface area contributed by atoms with Gasteiger partial charge in [-0.2, -0.15) is 8.78 Å². The lowest BCUT2D eigenvalue weighted by Crippen LogP contribution is -2.39. The van der Waals surface area contributed by atoms with Crippen molar-refractivity contribution in [1.29, 1.82) is 0 Å². The SMILES string of the molecule is COc1ccc(CNC(=O)NCC2(c3ccc(F)cc3)CC2)cc1OC(F)F. The van der Waals surface area contributed by atoms with E-state index in [9.17, 15) is 18.0 Å². The fourth-order valence-electron chi connectivity index (χ4n) is 3.04. The Bertz CT molecular complexity index is 824. The first-order valence-electron chi connectivity index (χ1n) is 8.81. The van der Waals surface area contributed by atoms with Crippen molar-refractivity contribution in [3.05, 3.63) is 59.4 Å². The molecule has 0 saturated heterocycles. The van der Waals surface area contributed by atoms with Crippen LogP contribution in [0.2, 0.25) is 0 Å². The molecular formula is C20H21F3N2O3. The Morgan fingerprint density at radius 1 is 1.11 bits per heavy atom. The van der Waals surface area contributed by atoms with E-state index in [2.05, 4.69) is 15.4 Å². The quantitative estimate of drug-likeness (QED) is 0.712. The van der Waals surface area contributed by atoms with Crippen LogP contribution in [0.5, 0.6) is 11.5 Å². The molecule has 0 unspecified atom stereocenters. The zero-order valence-electron chi connectivity index (χ0n) is 15.3. The standard InChI is InChI=1S/C20H21F3N2O3/c1-27-16-7-2-13(10-17(16)28-18(22)23)11-24-19(26)25-12-20(8-9-20)14-3-5-15(21)6-4-14/h2-7,10,18H,8-9,11-12H2,1H3,(H2,24,25,26). The predicted octanol–water partition coefficient (Wildman–Crippen LogP) is 3.97. The van der Waals surface area contributed by atoms with E-state index in [-0.39, 0.29) is 35.3 Å². The van der Waals surface area contributed by atoms with Gasteiger partial charge < -0.3 is 20.1 Å². The molecule has 2 amide bonds. The lowest BCUT2D eigenvalue weighted by atomic mass is 9.96. The number of nitrogens with one attached hydrogen (secondary N) is 2. The highest BCUT2D eigenvalue weighted by atomic mass is 19.3. The van der Waals surface area contributed by atoms with Crippen molar-refractivity contribution in [2.45, 2.75) is 31.4 Å². The van der Waals surface area contributed by atoms with Crippen molar-refractivity contribution in [2.75, 3.05) is 13.7 Å². The molecule has 0 heterocycles. The molecule has 3 rings (SSSR count). The molecule has 28 heavy (non-hydrogen) atoms. The Kier molecular flexibility index (Phi) is 5.96. The zero-order valence-corrected chi connectivity index (χ0v) is 15.3. The van der Waals surface area contributed by atoms with Gasteiger partial charge in [0.1, 0.15) is 5.82 Å². The second-order valence-corrected chi connectivity index (χ2v) is 6.69. The summed E-state index contributed by atoms with van der Waals surface area (Å²) in [7, 11) is 1.36. The minimum atomic E-state index is -2.97. The van der Waals surface area contributed by atoms with E-state index in [0.717, 1.165) is 18.4 Å². The normalized spacial score (nSPS) is 14.5. The number of amides is 2. The molecule has 1 aliphatic rings. The van der Waals surface area contributed by atoms with Crippen LogP contribution in [0.15, 0.2) is 42.5 Å². The van der Waals surface area contributed by atoms with Crippen LogP contribution < -0.4 is 20.1 Å². The molecule has 0 spiro atoms. The van der Waals surface area contributed by atoms with Crippen molar-refractivity contribution in [1.82, 2.24) is 10.6 Å². The molecule has 1 fully saturated rings. The van der Waals surface area contributed by atoms with Crippen LogP contribution in [0, 0.1) is 5.82 Å². The van der Waals surface area contributed by atoms with Crippen LogP contribution >= 0.6 is 0 Å². The smallest absolute Gasteiger partial charge is 0.387 e. The van der Waals surface area contributed by atoms with Gasteiger partial charge in [-0.3, -0.25) is 0 Å². The third-order valence-electron chi connectivity index (χ3n) is 4.79. The number of alkyl halides is 2. The van der Waals surface area contributed by atoms with Gasteiger partial charge in [0.2, 0.25) is 0 Å². The van der Waals surface area contributed by atoms with Crippen LogP contribution in [-0.2, 0) is 12.0 Å². The number of ether oxygens (including phenoxy) is 2. The summed E-state index contributed by atoms with van der Waals surface area (Å²) in [6.45, 7) is -2.40. The van der Waals surface area contributed by atoms with Gasteiger partial charge >= 0.3 is 12.6 Å². The molecule has 0 radical (unpaired) electrons. The van der Waals surface area contributed by atoms with E-state index >= 15 is 0 Å². The minimum Gasteiger partial charge on any atom is -0.493 e. The van der Waals surface area contributed by atoms with Gasteiger partial charge in [-0.15, -0.1) is 0 Å². The van der Waals surface area contributed by atoms with E-state index < -0.39 is 6.61 Å². The molecule has 8 heteroatoms. The first-order chi connectivity index (χ1) is 13.4. The molecular weight excluding hydrogens is 373 g/mol. The largest absolute Gasteiger partial charge is 0.493 e. The van der Waals surface area contributed by atoms with Crippen molar-refractivity contribution in [2.24, 2.45) is 0 Å². The van der Waals surface area contributed by atoms with Crippen LogP contribution in [-0.4, -0.2) is 26.3 Å². The van der Waals surface area contributed by atoms with Gasteiger partial charge in [0.25, 0.3) is 0 Å². The molecule has 2 aromatic rings. The molecule has 150 valence electrons. The summed E-state index contributed by atoms with van der Waals surface area (Å²) in [6, 6.07) is 10.5. The van der Waals surface area contributed by atoms with Crippen LogP contribution in [0.4, 0.5) is 18.0 Å². The second-order valence-electron chi connectivity index (χ2n) is 6.69. The van der Waals surface area contributed by atoms with Crippen LogP contribution in [0.25, 0.3) is 0 Å². The fourth-order valence-corrected chi connectivity index (χ4v) is 3.04. The highest BCUT2D eigenvalue weighted by Gasteiger charge is 2.44. The maximum Gasteiger partial charge on any atom is 0.387 e. The number of halogens is 3. The molecule has 0 bridgehead atoms. The summed E-state index contributed by atoms with van der Waals surface area (Å²) in [5.74, 6) is -0.200. The Balaban J connectivity index is 1.52. The number of benzene rings is 2. The van der Waals surface area contributed by atoms with Gasteiger partial charge in [-0.1, -0.05) is 18.2 Å². The van der Waals surface area contributed by atoms with E-state index in [1.54, 1.807) is 18.2 Å². The summed E-state index contributed by atoms with van der Waals surface area (Å²) >= 11 is 0. The third kappa shape index (κ3) is 4.88. The lowest BCUT2D eigenvalue weighted by Gasteiger charge is -2.17. The van der Waals surface area contributed by atoms with E-state index in [1.807, 2.05) is 0 Å². The number of hydrogen-bond donors (Lipinski definition) is 2. The number of rotatable bonds is 8. The fraction of sp³-hybridized carbons (Fsp3) is 0.350. The molecule has 5 nitrogen and oxygen atoms in total. The molecule has 2 N–H and O–H groups in total. The molecule has 0 atom stereocenters. The van der Waals surface area contributed by atoms with E-state index in [4.69, 9.17) is 4.74 Å². The topological polar surface area (TPSA) is 59.6 Å². The maximum absolute atomic E-state index is 13.1. The first-order valence-corrected chi connectivity index (χ1v) is 8.81. The summed E-state index contributed by atoms with van der Waals surface area (Å²) in [4.78, 5) is 12.1. The average Bonchev–Trinajstić information content (AvgIpc) is 3.46. The van der Waals surface area contributed by atoms with Crippen LogP contribution in [0.1, 0.15) is 24.0 Å². The van der Waals surface area contributed by atoms with Crippen LogP contribution in [0.3, 0.4) is 0 Å². The number of carbonyl (C=O) groups is 1. The molecule has 0 aromatic heterocycles. The van der Waals surface area contributed by atoms with Crippen molar-refractivity contribution >= 4 is 6.03 Å². The number of methoxy groups -OCH3 is 1. The molecule has 1 saturated carbocycles. The van der Waals surface area contributed by atoms with E-state index in [0.29, 0.717) is 12.1 Å². The van der Waals surface area contributed by atoms with Gasteiger partial charge in [-0.25, -0.2) is 9.18 Å². The summed E-state index contributed by atoms with van der Waals surface area (Å²) in [5, 5.41) is 5.50. The monoisotopic (exact) mass is 394 g/mol. The van der Waals surface area contributed by atoms with E-state index in [1.165, 1.54) is 31.4 Å². The highest BCUT2D eigenvalue weighted by Crippen LogP contribution is 2.47. The summed E-state index contributed by atoms with van der Waals surface area (Å²) in [6.07, 6.45) is 1.84. The number of hydrogen-bond acceptors (Lipinski definition) is 3. The van der Waals surface area contributed by atoms with Gasteiger partial charge in [0.05, 0.1) is 7.11 Å². The lowest BCUT2D eigenvalue weighted by molar-refractivity contribution is -0.0512. The van der Waals surface area contributed by atoms with Crippen molar-refractivity contribution in [3.63, 3.8) is 0 Å².